The van der Waals surface area contributed by atoms with Gasteiger partial charge in [-0.3, -0.25) is 24.0 Å². The van der Waals surface area contributed by atoms with Crippen molar-refractivity contribution >= 4 is 45.5 Å². The maximum absolute atomic E-state index is 13.9. The lowest BCUT2D eigenvalue weighted by molar-refractivity contribution is -0.302. The molecule has 0 bridgehead atoms. The molecule has 3 aliphatic rings. The minimum Gasteiger partial charge on any atom is -0.394 e. The number of amides is 5. The average Bonchev–Trinajstić information content (AvgIpc) is 0.839. The Kier molecular flexibility index (Phi) is 52.7. The fourth-order valence-electron chi connectivity index (χ4n) is 10.7. The molecular weight excluding hydrogens is 1430 g/mol. The minimum atomic E-state index is -1.56. The van der Waals surface area contributed by atoms with Gasteiger partial charge in [-0.15, -0.1) is 0 Å². The fraction of sp³-hybridized carbons (Fsp3) is 0.922. The first-order chi connectivity index (χ1) is 49.3. The van der Waals surface area contributed by atoms with E-state index in [-0.39, 0.29) is 200 Å². The highest BCUT2D eigenvalue weighted by Gasteiger charge is 2.46. The first-order valence-corrected chi connectivity index (χ1v) is 36.3. The number of unbranched alkanes of at least 4 members (excludes halogenated alkanes) is 6. The van der Waals surface area contributed by atoms with Crippen molar-refractivity contribution in [1.29, 1.82) is 0 Å². The fourth-order valence-corrected chi connectivity index (χ4v) is 10.9. The number of alkyl halides is 1. The smallest absolute Gasteiger partial charge is 0.245 e. The summed E-state index contributed by atoms with van der Waals surface area (Å²) in [5, 5.41) is 133. The molecule has 3 saturated heterocycles. The molecule has 15 atom stereocenters. The van der Waals surface area contributed by atoms with Gasteiger partial charge in [0.25, 0.3) is 0 Å². The van der Waals surface area contributed by atoms with E-state index in [2.05, 4.69) is 42.5 Å². The van der Waals surface area contributed by atoms with Crippen molar-refractivity contribution in [2.24, 2.45) is 0 Å². The van der Waals surface area contributed by atoms with Gasteiger partial charge in [0.1, 0.15) is 93.1 Å². The van der Waals surface area contributed by atoms with Gasteiger partial charge in [0, 0.05) is 38.1 Å². The van der Waals surface area contributed by atoms with Crippen LogP contribution in [0.25, 0.3) is 0 Å². The summed E-state index contributed by atoms with van der Waals surface area (Å²) in [5.41, 5.74) is -0.833. The van der Waals surface area contributed by atoms with Crippen LogP contribution in [0, 0.1) is 0 Å². The minimum absolute atomic E-state index is 0.0230. The number of nitrogens with one attached hydrogen (secondary N) is 5. The van der Waals surface area contributed by atoms with Crippen molar-refractivity contribution in [2.75, 3.05) is 190 Å². The summed E-state index contributed by atoms with van der Waals surface area (Å²) in [6, 6.07) is 0. The van der Waals surface area contributed by atoms with Gasteiger partial charge >= 0.3 is 0 Å². The van der Waals surface area contributed by atoms with Gasteiger partial charge in [0.15, 0.2) is 18.9 Å². The largest absolute Gasteiger partial charge is 0.394 e. The zero-order chi connectivity index (χ0) is 74.6. The molecule has 3 aliphatic heterocycles. The molecule has 0 aromatic carbocycles. The second-order valence-electron chi connectivity index (χ2n) is 24.4. The van der Waals surface area contributed by atoms with Crippen molar-refractivity contribution in [3.05, 3.63) is 0 Å². The molecule has 0 aliphatic carbocycles. The molecule has 3 heterocycles. The highest BCUT2D eigenvalue weighted by molar-refractivity contribution is 9.09. The summed E-state index contributed by atoms with van der Waals surface area (Å²) in [6.07, 6.45) is -11.8. The molecule has 3 rings (SSSR count). The molecule has 0 aromatic rings. The summed E-state index contributed by atoms with van der Waals surface area (Å²) in [6.45, 7) is 0.905. The Morgan fingerprint density at radius 1 is 0.314 bits per heavy atom. The third-order valence-electron chi connectivity index (χ3n) is 16.4. The molecule has 0 spiro atoms. The Balaban J connectivity index is 1.48. The Morgan fingerprint density at radius 3 is 0.882 bits per heavy atom. The van der Waals surface area contributed by atoms with E-state index in [0.29, 0.717) is 51.5 Å². The number of hydrogen-bond acceptors (Lipinski definition) is 32. The first-order valence-electron chi connectivity index (χ1n) is 35.2. The van der Waals surface area contributed by atoms with Gasteiger partial charge in [0.05, 0.1) is 144 Å². The van der Waals surface area contributed by atoms with Gasteiger partial charge in [-0.2, -0.15) is 0 Å². The summed E-state index contributed by atoms with van der Waals surface area (Å²) in [7, 11) is 0. The average molecular weight is 1550 g/mol. The predicted molar refractivity (Wildman–Crippen MR) is 358 cm³/mol. The lowest BCUT2D eigenvalue weighted by atomic mass is 9.83. The Bertz CT molecular complexity index is 1970. The van der Waals surface area contributed by atoms with E-state index in [9.17, 15) is 85.3 Å². The van der Waals surface area contributed by atoms with Gasteiger partial charge in [-0.05, 0) is 51.4 Å². The monoisotopic (exact) mass is 1550 g/mol. The highest BCUT2D eigenvalue weighted by Crippen LogP contribution is 2.28. The van der Waals surface area contributed by atoms with Gasteiger partial charge in [0.2, 0.25) is 29.5 Å². The summed E-state index contributed by atoms with van der Waals surface area (Å²) >= 11 is 3.14. The number of aliphatic hydroxyl groups is 12. The molecule has 17 N–H and O–H groups in total. The van der Waals surface area contributed by atoms with E-state index in [1.54, 1.807) is 0 Å². The lowest BCUT2D eigenvalue weighted by Crippen LogP contribution is -2.59. The van der Waals surface area contributed by atoms with Crippen molar-refractivity contribution in [3.63, 3.8) is 0 Å². The van der Waals surface area contributed by atoms with Crippen molar-refractivity contribution < 1.29 is 156 Å². The van der Waals surface area contributed by atoms with Gasteiger partial charge < -0.3 is 159 Å². The third kappa shape index (κ3) is 40.1. The topological polar surface area (TPSA) is 527 Å². The molecule has 102 heavy (non-hydrogen) atoms. The van der Waals surface area contributed by atoms with Gasteiger partial charge in [-0.25, -0.2) is 0 Å². The number of rotatable bonds is 63. The van der Waals surface area contributed by atoms with E-state index < -0.39 is 117 Å². The molecule has 0 aromatic heterocycles. The number of carbonyl (C=O) groups is 5. The second-order valence-corrected chi connectivity index (χ2v) is 25.0. The van der Waals surface area contributed by atoms with Crippen LogP contribution in [0.4, 0.5) is 0 Å². The van der Waals surface area contributed by atoms with E-state index in [0.717, 1.165) is 38.5 Å². The van der Waals surface area contributed by atoms with Gasteiger partial charge in [-0.1, -0.05) is 48.0 Å². The summed E-state index contributed by atoms with van der Waals surface area (Å²) < 4.78 is 81.6. The molecule has 37 nitrogen and oxygen atoms in total. The van der Waals surface area contributed by atoms with Crippen molar-refractivity contribution in [2.45, 2.75) is 188 Å². The van der Waals surface area contributed by atoms with Crippen LogP contribution < -0.4 is 26.6 Å². The Morgan fingerprint density at radius 2 is 0.578 bits per heavy atom. The van der Waals surface area contributed by atoms with Crippen LogP contribution in [-0.4, -0.2) is 379 Å². The van der Waals surface area contributed by atoms with Crippen LogP contribution in [0.3, 0.4) is 0 Å². The van der Waals surface area contributed by atoms with Crippen molar-refractivity contribution in [1.82, 2.24) is 26.6 Å². The summed E-state index contributed by atoms with van der Waals surface area (Å²) in [4.78, 5) is 64.2. The molecule has 3 fully saturated rings. The van der Waals surface area contributed by atoms with E-state index in [1.165, 1.54) is 0 Å². The molecule has 6 unspecified atom stereocenters. The molecular formula is C64H118BrN5O32. The van der Waals surface area contributed by atoms with E-state index >= 15 is 0 Å². The molecule has 0 radical (unpaired) electrons. The quantitative estimate of drug-likeness (QED) is 0.0199. The van der Waals surface area contributed by atoms with E-state index in [1.807, 2.05) is 0 Å². The standard InChI is InChI=1S/C64H118BrN5O32/c65-37-48(75)66-15-7-5-3-1-2-4-6-11-47(74)70-64(12-8-16-67-49(76)41-94-28-25-88-19-22-91-31-34-97-61-58(85)55(82)52(79)44(38-71)100-61,13-9-17-68-50(77)42-95-29-26-89-20-23-92-32-35-98-62-59(86)56(83)53(80)45(39-72)101-62)14-10-18-69-51(78)43-96-30-27-90-21-24-93-33-36-99-63-60(87)57(84)54(81)46(40-73)102-63/h44-46,52-63,71-73,79-87H,1-43H2,(H,66,75)(H,67,76)(H,68,77)(H,69,78)(H,70,74)/t44?,45?,46?,52-,53-,54-,55-,56-,57-,58?,59?,60?,61+,62+,63+,64?/m0/s1. The normalized spacial score (nSPS) is 25.8. The van der Waals surface area contributed by atoms with E-state index in [4.69, 9.17) is 71.1 Å². The second kappa shape index (κ2) is 57.9. The first kappa shape index (κ1) is 93.0. The molecule has 5 amide bonds. The zero-order valence-electron chi connectivity index (χ0n) is 58.5. The number of aliphatic hydroxyl groups excluding tert-OH is 12. The SMILES string of the molecule is O=C(CBr)NCCCCCCCCCC(=O)NC(CCCNC(=O)COCCOCCOCCO[C@@H]1OC(CO)[C@H](O)[C@H](O)C1O)(CCCNC(=O)COCCOCCOCCO[C@@H]1OC(CO)[C@H](O)[C@H](O)C1O)CCCNC(=O)COCCOCCOCCO[C@@H]1OC(CO)[C@H](O)[C@H](O)C1O. The molecule has 598 valence electrons. The summed E-state index contributed by atoms with van der Waals surface area (Å²) in [5.74, 6) is -1.35. The number of halogens is 1. The van der Waals surface area contributed by atoms with Crippen LogP contribution in [0.5, 0.6) is 0 Å². The van der Waals surface area contributed by atoms with Crippen LogP contribution >= 0.6 is 15.9 Å². The highest BCUT2D eigenvalue weighted by atomic mass is 79.9. The number of carbonyl (C=O) groups excluding carboxylic acids is 5. The zero-order valence-corrected chi connectivity index (χ0v) is 60.1. The van der Waals surface area contributed by atoms with Crippen LogP contribution in [0.2, 0.25) is 0 Å². The maximum Gasteiger partial charge on any atom is 0.245 e. The Hall–Kier alpha value is -3.25. The lowest BCUT2D eigenvalue weighted by Gasteiger charge is -2.39. The maximum atomic E-state index is 13.9. The van der Waals surface area contributed by atoms with Crippen LogP contribution in [0.1, 0.15) is 89.9 Å². The molecule has 38 heteroatoms. The number of hydrogen-bond donors (Lipinski definition) is 17. The van der Waals surface area contributed by atoms with Crippen LogP contribution in [-0.2, 0) is 95.0 Å². The molecule has 0 saturated carbocycles. The van der Waals surface area contributed by atoms with Crippen molar-refractivity contribution in [3.8, 4) is 0 Å². The predicted octanol–water partition coefficient (Wildman–Crippen LogP) is -6.24. The third-order valence-corrected chi connectivity index (χ3v) is 16.9. The Labute approximate surface area is 603 Å². The van der Waals surface area contributed by atoms with Crippen LogP contribution in [0.15, 0.2) is 0 Å². The number of ether oxygens (including phenoxy) is 15.